The molecule has 194 valence electrons. The highest BCUT2D eigenvalue weighted by Crippen LogP contribution is 2.41. The third kappa shape index (κ3) is 5.27. The summed E-state index contributed by atoms with van der Waals surface area (Å²) in [6.45, 7) is 3.06. The van der Waals surface area contributed by atoms with Gasteiger partial charge in [0.15, 0.2) is 17.0 Å². The van der Waals surface area contributed by atoms with Crippen molar-refractivity contribution >= 4 is 34.4 Å². The number of imidazole rings is 1. The van der Waals surface area contributed by atoms with E-state index in [0.29, 0.717) is 64.1 Å². The van der Waals surface area contributed by atoms with Gasteiger partial charge >= 0.3 is 0 Å². The van der Waals surface area contributed by atoms with Crippen LogP contribution in [-0.4, -0.2) is 52.4 Å². The Morgan fingerprint density at radius 2 is 2.00 bits per heavy atom. The fraction of sp³-hybridized carbons (Fsp3) is 0.308. The molecule has 1 fully saturated rings. The topological polar surface area (TPSA) is 117 Å². The Morgan fingerprint density at radius 3 is 2.76 bits per heavy atom. The standard InChI is InChI=1S/C26H24Cl2N8O2/c1-26(9-10-26)38-25-22-24(29-15-30-25)36(14-16-4-2-5-17(27)12-16)23(31-22)19-8-7-18(13-20(19)28)37-11-3-6-21-32-34-35-33-21/h2,4-5,7-8,12-13,15H,3,6,9-11,14H2,1H3,(H,32,33,34,35). The van der Waals surface area contributed by atoms with Crippen LogP contribution in [0.1, 0.15) is 37.6 Å². The van der Waals surface area contributed by atoms with Crippen LogP contribution in [0.25, 0.3) is 22.6 Å². The molecule has 1 N–H and O–H groups in total. The van der Waals surface area contributed by atoms with Crippen LogP contribution in [0.3, 0.4) is 0 Å². The van der Waals surface area contributed by atoms with E-state index in [4.69, 9.17) is 37.7 Å². The lowest BCUT2D eigenvalue weighted by Crippen LogP contribution is -2.13. The lowest BCUT2D eigenvalue weighted by Gasteiger charge is -2.12. The SMILES string of the molecule is CC1(Oc2ncnc3c2nc(-c2ccc(OCCCc4nn[nH]n4)cc2Cl)n3Cc2cccc(Cl)c2)CC1. The van der Waals surface area contributed by atoms with Crippen molar-refractivity contribution in [3.05, 3.63) is 70.2 Å². The molecule has 3 heterocycles. The first-order chi connectivity index (χ1) is 18.5. The number of fused-ring (bicyclic) bond motifs is 1. The van der Waals surface area contributed by atoms with Crippen molar-refractivity contribution in [2.45, 2.75) is 44.8 Å². The second kappa shape index (κ2) is 10.2. The summed E-state index contributed by atoms with van der Waals surface area (Å²) in [6.07, 6.45) is 4.89. The summed E-state index contributed by atoms with van der Waals surface area (Å²) in [4.78, 5) is 13.9. The molecule has 1 saturated carbocycles. The molecule has 12 heteroatoms. The van der Waals surface area contributed by atoms with Gasteiger partial charge in [0.2, 0.25) is 5.88 Å². The summed E-state index contributed by atoms with van der Waals surface area (Å²) in [6, 6.07) is 13.3. The number of tetrazole rings is 1. The minimum Gasteiger partial charge on any atom is -0.494 e. The summed E-state index contributed by atoms with van der Waals surface area (Å²) in [5.74, 6) is 2.44. The molecule has 38 heavy (non-hydrogen) atoms. The smallest absolute Gasteiger partial charge is 0.245 e. The normalized spacial score (nSPS) is 14.1. The Balaban J connectivity index is 1.32. The molecule has 2 aromatic carbocycles. The summed E-state index contributed by atoms with van der Waals surface area (Å²) in [5.41, 5.74) is 2.79. The van der Waals surface area contributed by atoms with E-state index in [1.165, 1.54) is 6.33 Å². The molecule has 0 saturated heterocycles. The summed E-state index contributed by atoms with van der Waals surface area (Å²) >= 11 is 13.1. The molecule has 0 radical (unpaired) electrons. The lowest BCUT2D eigenvalue weighted by molar-refractivity contribution is 0.194. The third-order valence-corrected chi connectivity index (χ3v) is 6.96. The molecule has 0 spiro atoms. The van der Waals surface area contributed by atoms with Gasteiger partial charge < -0.3 is 14.0 Å². The molecule has 3 aromatic heterocycles. The number of nitrogens with zero attached hydrogens (tertiary/aromatic N) is 7. The molecular weight excluding hydrogens is 527 g/mol. The maximum absolute atomic E-state index is 6.79. The van der Waals surface area contributed by atoms with Crippen LogP contribution in [0.4, 0.5) is 0 Å². The molecule has 5 aromatic rings. The van der Waals surface area contributed by atoms with Gasteiger partial charge in [-0.25, -0.2) is 9.97 Å². The highest BCUT2D eigenvalue weighted by Gasteiger charge is 2.41. The Kier molecular flexibility index (Phi) is 6.59. The molecule has 0 unspecified atom stereocenters. The van der Waals surface area contributed by atoms with E-state index in [1.54, 1.807) is 6.07 Å². The first-order valence-electron chi connectivity index (χ1n) is 12.3. The van der Waals surface area contributed by atoms with Crippen LogP contribution in [0.5, 0.6) is 11.6 Å². The van der Waals surface area contributed by atoms with Gasteiger partial charge in [-0.1, -0.05) is 40.5 Å². The van der Waals surface area contributed by atoms with Gasteiger partial charge in [0.05, 0.1) is 18.2 Å². The molecule has 0 amide bonds. The lowest BCUT2D eigenvalue weighted by atomic mass is 10.2. The molecule has 6 rings (SSSR count). The predicted octanol–water partition coefficient (Wildman–Crippen LogP) is 5.30. The summed E-state index contributed by atoms with van der Waals surface area (Å²) in [5, 5.41) is 15.1. The predicted molar refractivity (Wildman–Crippen MR) is 143 cm³/mol. The van der Waals surface area contributed by atoms with Crippen molar-refractivity contribution in [3.63, 3.8) is 0 Å². The number of H-pyrrole nitrogens is 1. The number of ether oxygens (including phenoxy) is 2. The van der Waals surface area contributed by atoms with Crippen molar-refractivity contribution in [2.24, 2.45) is 0 Å². The van der Waals surface area contributed by atoms with E-state index in [9.17, 15) is 0 Å². The minimum absolute atomic E-state index is 0.210. The van der Waals surface area contributed by atoms with Gasteiger partial charge in [-0.3, -0.25) is 0 Å². The van der Waals surface area contributed by atoms with E-state index in [-0.39, 0.29) is 5.60 Å². The van der Waals surface area contributed by atoms with Crippen molar-refractivity contribution in [3.8, 4) is 23.0 Å². The van der Waals surface area contributed by atoms with Crippen molar-refractivity contribution in [1.29, 1.82) is 0 Å². The number of halogens is 2. The highest BCUT2D eigenvalue weighted by molar-refractivity contribution is 6.33. The molecule has 1 aliphatic carbocycles. The van der Waals surface area contributed by atoms with E-state index in [0.717, 1.165) is 30.4 Å². The third-order valence-electron chi connectivity index (χ3n) is 6.41. The maximum atomic E-state index is 6.79. The Bertz CT molecular complexity index is 1580. The van der Waals surface area contributed by atoms with Gasteiger partial charge in [-0.2, -0.15) is 10.2 Å². The molecule has 0 aliphatic heterocycles. The van der Waals surface area contributed by atoms with Gasteiger partial charge in [-0.05, 0) is 62.1 Å². The summed E-state index contributed by atoms with van der Waals surface area (Å²) < 4.78 is 14.1. The van der Waals surface area contributed by atoms with Crippen LogP contribution < -0.4 is 9.47 Å². The van der Waals surface area contributed by atoms with Crippen molar-refractivity contribution in [2.75, 3.05) is 6.61 Å². The van der Waals surface area contributed by atoms with Gasteiger partial charge in [0.25, 0.3) is 0 Å². The number of aryl methyl sites for hydroxylation is 1. The zero-order chi connectivity index (χ0) is 26.1. The summed E-state index contributed by atoms with van der Waals surface area (Å²) in [7, 11) is 0. The second-order valence-corrected chi connectivity index (χ2v) is 10.3. The number of hydrogen-bond donors (Lipinski definition) is 1. The molecule has 0 bridgehead atoms. The number of benzene rings is 2. The first-order valence-corrected chi connectivity index (χ1v) is 13.0. The van der Waals surface area contributed by atoms with Crippen LogP contribution in [0.15, 0.2) is 48.8 Å². The largest absolute Gasteiger partial charge is 0.494 e. The van der Waals surface area contributed by atoms with Gasteiger partial charge in [0.1, 0.15) is 23.5 Å². The van der Waals surface area contributed by atoms with E-state index in [1.807, 2.05) is 41.0 Å². The van der Waals surface area contributed by atoms with Crippen molar-refractivity contribution < 1.29 is 9.47 Å². The average molecular weight is 551 g/mol. The van der Waals surface area contributed by atoms with Crippen molar-refractivity contribution in [1.82, 2.24) is 40.1 Å². The molecule has 0 atom stereocenters. The van der Waals surface area contributed by atoms with Crippen LogP contribution in [0, 0.1) is 0 Å². The fourth-order valence-electron chi connectivity index (χ4n) is 4.15. The fourth-order valence-corrected chi connectivity index (χ4v) is 4.62. The van der Waals surface area contributed by atoms with Crippen LogP contribution >= 0.6 is 23.2 Å². The van der Waals surface area contributed by atoms with Gasteiger partial charge in [0, 0.05) is 17.0 Å². The number of aromatic nitrogens is 8. The Morgan fingerprint density at radius 1 is 1.11 bits per heavy atom. The number of aromatic amines is 1. The molecule has 1 aliphatic rings. The Hall–Kier alpha value is -3.76. The van der Waals surface area contributed by atoms with E-state index >= 15 is 0 Å². The maximum Gasteiger partial charge on any atom is 0.245 e. The quantitative estimate of drug-likeness (QED) is 0.232. The van der Waals surface area contributed by atoms with E-state index < -0.39 is 0 Å². The average Bonchev–Trinajstić information content (AvgIpc) is 3.26. The minimum atomic E-state index is -0.210. The number of hydrogen-bond acceptors (Lipinski definition) is 8. The zero-order valence-electron chi connectivity index (χ0n) is 20.6. The number of nitrogens with one attached hydrogen (secondary N) is 1. The molecule has 10 nitrogen and oxygen atoms in total. The van der Waals surface area contributed by atoms with E-state index in [2.05, 4.69) is 37.5 Å². The first kappa shape index (κ1) is 24.6. The monoisotopic (exact) mass is 550 g/mol. The van der Waals surface area contributed by atoms with Crippen LogP contribution in [-0.2, 0) is 13.0 Å². The highest BCUT2D eigenvalue weighted by atomic mass is 35.5. The number of rotatable bonds is 10. The van der Waals surface area contributed by atoms with Crippen LogP contribution in [0.2, 0.25) is 10.0 Å². The zero-order valence-corrected chi connectivity index (χ0v) is 22.1. The molecular formula is C26H24Cl2N8O2. The second-order valence-electron chi connectivity index (χ2n) is 9.48. The van der Waals surface area contributed by atoms with Gasteiger partial charge in [-0.15, -0.1) is 10.2 Å². The Labute approximate surface area is 228 Å².